The largest absolute Gasteiger partial charge is 0.461 e. The highest BCUT2D eigenvalue weighted by atomic mass is 16.6. The second kappa shape index (κ2) is 4.83. The van der Waals surface area contributed by atoms with Gasteiger partial charge in [-0.05, 0) is 38.5 Å². The highest BCUT2D eigenvalue weighted by Gasteiger charge is 2.45. The van der Waals surface area contributed by atoms with E-state index >= 15 is 0 Å². The summed E-state index contributed by atoms with van der Waals surface area (Å²) in [7, 11) is 0. The van der Waals surface area contributed by atoms with Crippen molar-refractivity contribution in [2.45, 2.75) is 56.8 Å². The average molecular weight is 268 g/mol. The van der Waals surface area contributed by atoms with Crippen LogP contribution in [0.2, 0.25) is 0 Å². The topological polar surface area (TPSA) is 78.9 Å². The molecule has 6 heteroatoms. The van der Waals surface area contributed by atoms with E-state index in [-0.39, 0.29) is 18.3 Å². The number of ether oxygens (including phenoxy) is 3. The zero-order chi connectivity index (χ0) is 13.4. The zero-order valence-electron chi connectivity index (χ0n) is 10.5. The van der Waals surface area contributed by atoms with Crippen molar-refractivity contribution in [3.05, 3.63) is 0 Å². The third kappa shape index (κ3) is 3.45. The number of carbonyl (C=O) groups is 3. The SMILES string of the molecule is O=C(OC1CC1)C(C(=O)OC1CC1)C(=O)OC1CC1. The molecule has 0 spiro atoms. The monoisotopic (exact) mass is 268 g/mol. The first-order chi connectivity index (χ1) is 9.13. The second-order valence-corrected chi connectivity index (χ2v) is 5.34. The molecule has 0 bridgehead atoms. The Labute approximate surface area is 110 Å². The van der Waals surface area contributed by atoms with Crippen molar-refractivity contribution in [1.29, 1.82) is 0 Å². The summed E-state index contributed by atoms with van der Waals surface area (Å²) in [6.45, 7) is 0. The number of carbonyl (C=O) groups excluding carboxylic acids is 3. The Balaban J connectivity index is 1.62. The van der Waals surface area contributed by atoms with Crippen LogP contribution in [-0.4, -0.2) is 36.2 Å². The molecule has 0 aromatic rings. The summed E-state index contributed by atoms with van der Waals surface area (Å²) in [6.07, 6.45) is 4.25. The third-order valence-electron chi connectivity index (χ3n) is 3.13. The van der Waals surface area contributed by atoms with Gasteiger partial charge < -0.3 is 14.2 Å². The fourth-order valence-corrected chi connectivity index (χ4v) is 1.54. The Morgan fingerprint density at radius 2 is 0.895 bits per heavy atom. The van der Waals surface area contributed by atoms with Crippen LogP contribution in [0.4, 0.5) is 0 Å². The minimum absolute atomic E-state index is 0.155. The Hall–Kier alpha value is -1.59. The van der Waals surface area contributed by atoms with E-state index in [0.29, 0.717) is 0 Å². The first kappa shape index (κ1) is 12.4. The predicted octanol–water partition coefficient (Wildman–Crippen LogP) is 0.719. The van der Waals surface area contributed by atoms with Gasteiger partial charge in [0.25, 0.3) is 5.92 Å². The van der Waals surface area contributed by atoms with E-state index in [1.54, 1.807) is 0 Å². The molecule has 3 aliphatic rings. The molecular formula is C13H16O6. The highest BCUT2D eigenvalue weighted by molar-refractivity contribution is 6.12. The predicted molar refractivity (Wildman–Crippen MR) is 60.8 cm³/mol. The molecule has 0 N–H and O–H groups in total. The van der Waals surface area contributed by atoms with Gasteiger partial charge in [0.15, 0.2) is 0 Å². The smallest absolute Gasteiger partial charge is 0.332 e. The standard InChI is InChI=1S/C13H16O6/c14-11(17-7-1-2-7)10(12(15)18-8-3-4-8)13(16)19-9-5-6-9/h7-10H,1-6H2. The van der Waals surface area contributed by atoms with Gasteiger partial charge in [-0.3, -0.25) is 14.4 Å². The number of rotatable bonds is 6. The summed E-state index contributed by atoms with van der Waals surface area (Å²) in [6, 6.07) is 0. The van der Waals surface area contributed by atoms with Crippen molar-refractivity contribution >= 4 is 17.9 Å². The van der Waals surface area contributed by atoms with Crippen molar-refractivity contribution in [1.82, 2.24) is 0 Å². The van der Waals surface area contributed by atoms with E-state index in [1.807, 2.05) is 0 Å². The fraction of sp³-hybridized carbons (Fsp3) is 0.769. The molecule has 0 heterocycles. The van der Waals surface area contributed by atoms with Crippen molar-refractivity contribution in [2.24, 2.45) is 5.92 Å². The maximum absolute atomic E-state index is 11.9. The van der Waals surface area contributed by atoms with Gasteiger partial charge in [0.05, 0.1) is 0 Å². The van der Waals surface area contributed by atoms with Crippen LogP contribution in [0.1, 0.15) is 38.5 Å². The molecule has 0 radical (unpaired) electrons. The van der Waals surface area contributed by atoms with Gasteiger partial charge in [0, 0.05) is 0 Å². The summed E-state index contributed by atoms with van der Waals surface area (Å²) in [5, 5.41) is 0. The molecule has 3 saturated carbocycles. The molecule has 3 rings (SSSR count). The van der Waals surface area contributed by atoms with Gasteiger partial charge in [-0.1, -0.05) is 0 Å². The van der Waals surface area contributed by atoms with Crippen LogP contribution in [-0.2, 0) is 28.6 Å². The quantitative estimate of drug-likeness (QED) is 0.401. The lowest BCUT2D eigenvalue weighted by molar-refractivity contribution is -0.173. The van der Waals surface area contributed by atoms with Crippen LogP contribution in [0, 0.1) is 5.92 Å². The molecule has 3 aliphatic carbocycles. The Bertz CT molecular complexity index is 344. The molecule has 3 fully saturated rings. The number of hydrogen-bond acceptors (Lipinski definition) is 6. The summed E-state index contributed by atoms with van der Waals surface area (Å²) in [5.74, 6) is -4.07. The molecule has 0 aromatic carbocycles. The molecule has 104 valence electrons. The maximum atomic E-state index is 11.9. The fourth-order valence-electron chi connectivity index (χ4n) is 1.54. The van der Waals surface area contributed by atoms with Crippen LogP contribution in [0.5, 0.6) is 0 Å². The zero-order valence-corrected chi connectivity index (χ0v) is 10.5. The minimum atomic E-state index is -1.57. The molecule has 6 nitrogen and oxygen atoms in total. The first-order valence-corrected chi connectivity index (χ1v) is 6.75. The lowest BCUT2D eigenvalue weighted by Gasteiger charge is -2.14. The molecule has 0 amide bonds. The van der Waals surface area contributed by atoms with Crippen molar-refractivity contribution in [3.63, 3.8) is 0 Å². The Morgan fingerprint density at radius 3 is 1.11 bits per heavy atom. The molecule has 0 saturated heterocycles. The third-order valence-corrected chi connectivity index (χ3v) is 3.13. The summed E-state index contributed by atoms with van der Waals surface area (Å²) < 4.78 is 15.1. The lowest BCUT2D eigenvalue weighted by Crippen LogP contribution is -2.37. The molecule has 0 aromatic heterocycles. The highest BCUT2D eigenvalue weighted by Crippen LogP contribution is 2.29. The van der Waals surface area contributed by atoms with E-state index in [2.05, 4.69) is 0 Å². The molecule has 19 heavy (non-hydrogen) atoms. The van der Waals surface area contributed by atoms with Crippen LogP contribution >= 0.6 is 0 Å². The molecule has 0 unspecified atom stereocenters. The summed E-state index contributed by atoms with van der Waals surface area (Å²) >= 11 is 0. The minimum Gasteiger partial charge on any atom is -0.461 e. The molecule has 0 aliphatic heterocycles. The van der Waals surface area contributed by atoms with E-state index in [0.717, 1.165) is 38.5 Å². The normalized spacial score (nSPS) is 21.9. The maximum Gasteiger partial charge on any atom is 0.332 e. The van der Waals surface area contributed by atoms with E-state index in [9.17, 15) is 14.4 Å². The van der Waals surface area contributed by atoms with E-state index < -0.39 is 23.8 Å². The van der Waals surface area contributed by atoms with Gasteiger partial charge in [-0.25, -0.2) is 0 Å². The average Bonchev–Trinajstić information content (AvgIpc) is 3.17. The first-order valence-electron chi connectivity index (χ1n) is 6.75. The lowest BCUT2D eigenvalue weighted by atomic mass is 10.1. The second-order valence-electron chi connectivity index (χ2n) is 5.34. The van der Waals surface area contributed by atoms with Gasteiger partial charge in [-0.2, -0.15) is 0 Å². The van der Waals surface area contributed by atoms with Crippen LogP contribution in [0.3, 0.4) is 0 Å². The number of hydrogen-bond donors (Lipinski definition) is 0. The van der Waals surface area contributed by atoms with Crippen molar-refractivity contribution < 1.29 is 28.6 Å². The Kier molecular flexibility index (Phi) is 3.16. The number of esters is 3. The van der Waals surface area contributed by atoms with Crippen LogP contribution in [0.15, 0.2) is 0 Å². The molecule has 0 atom stereocenters. The van der Waals surface area contributed by atoms with Crippen molar-refractivity contribution in [3.8, 4) is 0 Å². The molecular weight excluding hydrogens is 252 g/mol. The van der Waals surface area contributed by atoms with Crippen LogP contribution in [0.25, 0.3) is 0 Å². The summed E-state index contributed by atoms with van der Waals surface area (Å²) in [5.41, 5.74) is 0. The van der Waals surface area contributed by atoms with E-state index in [4.69, 9.17) is 14.2 Å². The van der Waals surface area contributed by atoms with Gasteiger partial charge in [-0.15, -0.1) is 0 Å². The Morgan fingerprint density at radius 1 is 0.632 bits per heavy atom. The van der Waals surface area contributed by atoms with Gasteiger partial charge >= 0.3 is 17.9 Å². The van der Waals surface area contributed by atoms with Crippen molar-refractivity contribution in [2.75, 3.05) is 0 Å². The van der Waals surface area contributed by atoms with Crippen LogP contribution < -0.4 is 0 Å². The van der Waals surface area contributed by atoms with E-state index in [1.165, 1.54) is 0 Å². The summed E-state index contributed by atoms with van der Waals surface area (Å²) in [4.78, 5) is 35.6. The van der Waals surface area contributed by atoms with Gasteiger partial charge in [0.1, 0.15) is 18.3 Å². The van der Waals surface area contributed by atoms with Gasteiger partial charge in [0.2, 0.25) is 0 Å².